The number of hydrogen-bond donors (Lipinski definition) is 0. The molecule has 1 aliphatic carbocycles. The van der Waals surface area contributed by atoms with Gasteiger partial charge in [0.2, 0.25) is 0 Å². The molecule has 0 saturated heterocycles. The van der Waals surface area contributed by atoms with Crippen LogP contribution in [0.2, 0.25) is 0 Å². The quantitative estimate of drug-likeness (QED) is 0.106. The van der Waals surface area contributed by atoms with Crippen molar-refractivity contribution in [2.75, 3.05) is 67.1 Å². The standard InChI is InChI=1S/C45H61N4/c1-9-46(10-2)40-28-20-36(21-29-40)44(37-22-30-41(31-23-37)47(11-3)12-4)18-17-19-45(38-24-32-42(33-25-38)48(13-5)14-6)39-26-34-43(35-27-39)49(15-7)16-8/h17-36,44H,9-16H2,1-8H3/q+1/b18-17+. The summed E-state index contributed by atoms with van der Waals surface area (Å²) in [6, 6.07) is 27.5. The van der Waals surface area contributed by atoms with Crippen molar-refractivity contribution in [3.8, 4) is 0 Å². The molecule has 4 nitrogen and oxygen atoms in total. The molecule has 0 spiro atoms. The highest BCUT2D eigenvalue weighted by Crippen LogP contribution is 2.33. The smallest absolute Gasteiger partial charge is 0.199 e. The molecule has 49 heavy (non-hydrogen) atoms. The molecule has 0 saturated carbocycles. The molecule has 1 unspecified atom stereocenters. The minimum atomic E-state index is 0.212. The summed E-state index contributed by atoms with van der Waals surface area (Å²) in [6.07, 6.45) is 16.4. The summed E-state index contributed by atoms with van der Waals surface area (Å²) in [4.78, 5) is 7.21. The third-order valence-corrected chi connectivity index (χ3v) is 10.1. The van der Waals surface area contributed by atoms with E-state index in [2.05, 4.69) is 190 Å². The Labute approximate surface area is 298 Å². The first-order chi connectivity index (χ1) is 23.9. The Morgan fingerprint density at radius 3 is 1.33 bits per heavy atom. The number of anilines is 3. The molecule has 0 aliphatic heterocycles. The van der Waals surface area contributed by atoms with Crippen molar-refractivity contribution >= 4 is 28.3 Å². The summed E-state index contributed by atoms with van der Waals surface area (Å²) in [5.74, 6) is 0.484. The van der Waals surface area contributed by atoms with Gasteiger partial charge in [-0.1, -0.05) is 66.8 Å². The summed E-state index contributed by atoms with van der Waals surface area (Å²) in [7, 11) is 0. The molecule has 0 amide bonds. The van der Waals surface area contributed by atoms with Crippen molar-refractivity contribution < 1.29 is 4.58 Å². The Balaban J connectivity index is 1.76. The first-order valence-electron chi connectivity index (χ1n) is 18.9. The lowest BCUT2D eigenvalue weighted by Crippen LogP contribution is -2.22. The predicted octanol–water partition coefficient (Wildman–Crippen LogP) is 10.2. The van der Waals surface area contributed by atoms with E-state index in [1.807, 2.05) is 0 Å². The van der Waals surface area contributed by atoms with Crippen LogP contribution in [0.15, 0.2) is 115 Å². The zero-order valence-electron chi connectivity index (χ0n) is 31.6. The van der Waals surface area contributed by atoms with Gasteiger partial charge in [-0.15, -0.1) is 0 Å². The Bertz CT molecular complexity index is 1500. The summed E-state index contributed by atoms with van der Waals surface area (Å²) in [5, 5.41) is 0. The minimum Gasteiger partial charge on any atom is -0.372 e. The lowest BCUT2D eigenvalue weighted by Gasteiger charge is -2.24. The molecule has 0 bridgehead atoms. The molecule has 1 aliphatic rings. The Kier molecular flexibility index (Phi) is 14.6. The molecule has 1 atom stereocenters. The number of benzene rings is 3. The van der Waals surface area contributed by atoms with Crippen LogP contribution in [-0.4, -0.2) is 62.6 Å². The summed E-state index contributed by atoms with van der Waals surface area (Å²) < 4.78 is 2.42. The summed E-state index contributed by atoms with van der Waals surface area (Å²) in [6.45, 7) is 25.8. The van der Waals surface area contributed by atoms with Crippen molar-refractivity contribution in [3.05, 3.63) is 132 Å². The maximum atomic E-state index is 2.42. The van der Waals surface area contributed by atoms with Crippen molar-refractivity contribution in [2.45, 2.75) is 61.3 Å². The second-order valence-electron chi connectivity index (χ2n) is 12.6. The van der Waals surface area contributed by atoms with Crippen LogP contribution in [0.5, 0.6) is 0 Å². The topological polar surface area (TPSA) is 12.7 Å². The molecule has 260 valence electrons. The van der Waals surface area contributed by atoms with Gasteiger partial charge in [-0.2, -0.15) is 0 Å². The van der Waals surface area contributed by atoms with E-state index in [9.17, 15) is 0 Å². The molecular formula is C45H61N4+. The fourth-order valence-electron chi connectivity index (χ4n) is 7.05. The van der Waals surface area contributed by atoms with Gasteiger partial charge in [-0.3, -0.25) is 0 Å². The van der Waals surface area contributed by atoms with Gasteiger partial charge in [0.25, 0.3) is 0 Å². The molecule has 0 aromatic heterocycles. The fourth-order valence-corrected chi connectivity index (χ4v) is 7.05. The largest absolute Gasteiger partial charge is 0.372 e. The SMILES string of the molecule is CCN(CC)c1ccc(C(=C/C=C/C(c2ccc(N(CC)CC)cc2)C2C=CC(=[N+](CC)CC)C=C2)c2ccc(N(CC)CC)cc2)cc1. The van der Waals surface area contributed by atoms with Crippen LogP contribution in [-0.2, 0) is 0 Å². The third kappa shape index (κ3) is 9.44. The number of hydrogen-bond acceptors (Lipinski definition) is 3. The van der Waals surface area contributed by atoms with Gasteiger partial charge in [0.05, 0.1) is 0 Å². The Morgan fingerprint density at radius 1 is 0.571 bits per heavy atom. The van der Waals surface area contributed by atoms with Gasteiger partial charge < -0.3 is 14.7 Å². The number of rotatable bonds is 17. The van der Waals surface area contributed by atoms with Crippen LogP contribution in [0.4, 0.5) is 17.1 Å². The van der Waals surface area contributed by atoms with Gasteiger partial charge in [-0.25, -0.2) is 4.58 Å². The summed E-state index contributed by atoms with van der Waals surface area (Å²) >= 11 is 0. The molecule has 0 heterocycles. The molecule has 4 rings (SSSR count). The lowest BCUT2D eigenvalue weighted by atomic mass is 9.82. The van der Waals surface area contributed by atoms with Gasteiger partial charge in [0, 0.05) is 80.3 Å². The Morgan fingerprint density at radius 2 is 0.959 bits per heavy atom. The average Bonchev–Trinajstić information content (AvgIpc) is 3.15. The van der Waals surface area contributed by atoms with Crippen LogP contribution in [0, 0.1) is 5.92 Å². The monoisotopic (exact) mass is 657 g/mol. The second kappa shape index (κ2) is 19.0. The Hall–Kier alpha value is -4.31. The van der Waals surface area contributed by atoms with Crippen LogP contribution < -0.4 is 14.7 Å². The molecular weight excluding hydrogens is 597 g/mol. The van der Waals surface area contributed by atoms with Gasteiger partial charge >= 0.3 is 0 Å². The van der Waals surface area contributed by atoms with E-state index in [0.717, 1.165) is 52.4 Å². The first kappa shape index (κ1) is 37.5. The molecule has 0 N–H and O–H groups in total. The van der Waals surface area contributed by atoms with Gasteiger partial charge in [0.15, 0.2) is 5.71 Å². The minimum absolute atomic E-state index is 0.212. The fraction of sp³-hybridized carbons (Fsp3) is 0.400. The van der Waals surface area contributed by atoms with Crippen LogP contribution in [0.1, 0.15) is 78.0 Å². The van der Waals surface area contributed by atoms with Gasteiger partial charge in [0.1, 0.15) is 13.1 Å². The highest BCUT2D eigenvalue weighted by Gasteiger charge is 2.21. The number of allylic oxidation sites excluding steroid dienone is 7. The van der Waals surface area contributed by atoms with Crippen molar-refractivity contribution in [1.82, 2.24) is 0 Å². The van der Waals surface area contributed by atoms with E-state index in [4.69, 9.17) is 0 Å². The molecule has 3 aromatic carbocycles. The molecule has 0 radical (unpaired) electrons. The highest BCUT2D eigenvalue weighted by atomic mass is 15.1. The molecule has 0 fully saturated rings. The molecule has 4 heteroatoms. The lowest BCUT2D eigenvalue weighted by molar-refractivity contribution is -0.519. The number of nitrogens with zero attached hydrogens (tertiary/aromatic N) is 4. The van der Waals surface area contributed by atoms with Crippen LogP contribution in [0.3, 0.4) is 0 Å². The zero-order chi connectivity index (χ0) is 35.2. The van der Waals surface area contributed by atoms with E-state index in [1.165, 1.54) is 45.0 Å². The van der Waals surface area contributed by atoms with Crippen molar-refractivity contribution in [1.29, 1.82) is 0 Å². The first-order valence-corrected chi connectivity index (χ1v) is 18.9. The maximum Gasteiger partial charge on any atom is 0.199 e. The van der Waals surface area contributed by atoms with E-state index < -0.39 is 0 Å². The van der Waals surface area contributed by atoms with E-state index in [0.29, 0.717) is 0 Å². The highest BCUT2D eigenvalue weighted by molar-refractivity contribution is 6.01. The zero-order valence-corrected chi connectivity index (χ0v) is 31.6. The van der Waals surface area contributed by atoms with Crippen LogP contribution in [0.25, 0.3) is 5.57 Å². The maximum absolute atomic E-state index is 2.42. The normalized spacial score (nSPS) is 14.6. The summed E-state index contributed by atoms with van der Waals surface area (Å²) in [5.41, 5.74) is 10.1. The van der Waals surface area contributed by atoms with Crippen LogP contribution >= 0.6 is 0 Å². The van der Waals surface area contributed by atoms with Gasteiger partial charge in [-0.05, 0) is 114 Å². The average molecular weight is 658 g/mol. The second-order valence-corrected chi connectivity index (χ2v) is 12.6. The molecule has 3 aromatic rings. The third-order valence-electron chi connectivity index (χ3n) is 10.1. The van der Waals surface area contributed by atoms with E-state index >= 15 is 0 Å². The van der Waals surface area contributed by atoms with Crippen molar-refractivity contribution in [3.63, 3.8) is 0 Å². The van der Waals surface area contributed by atoms with E-state index in [-0.39, 0.29) is 11.8 Å². The van der Waals surface area contributed by atoms with E-state index in [1.54, 1.807) is 0 Å². The van der Waals surface area contributed by atoms with Crippen molar-refractivity contribution in [2.24, 2.45) is 5.92 Å². The predicted molar refractivity (Wildman–Crippen MR) is 217 cm³/mol.